The van der Waals surface area contributed by atoms with Crippen LogP contribution in [0.4, 0.5) is 0 Å². The first-order chi connectivity index (χ1) is 7.79. The van der Waals surface area contributed by atoms with Crippen molar-refractivity contribution < 1.29 is 9.80 Å². The maximum Gasteiger partial charge on any atom is 0.127 e. The van der Waals surface area contributed by atoms with Gasteiger partial charge in [-0.05, 0) is 31.6 Å². The normalized spacial score (nSPS) is 41.6. The van der Waals surface area contributed by atoms with Gasteiger partial charge in [0.05, 0.1) is 26.2 Å². The summed E-state index contributed by atoms with van der Waals surface area (Å²) in [5.41, 5.74) is 0. The average molecular weight is 226 g/mol. The molecule has 94 valence electrons. The van der Waals surface area contributed by atoms with E-state index in [-0.39, 0.29) is 0 Å². The topological polar surface area (TPSA) is 8.88 Å². The summed E-state index contributed by atoms with van der Waals surface area (Å²) in [6.07, 6.45) is 8.88. The molecule has 0 aromatic heterocycles. The van der Waals surface area contributed by atoms with E-state index < -0.39 is 0 Å². The molecule has 0 aromatic rings. The predicted molar refractivity (Wildman–Crippen MR) is 68.0 cm³/mol. The molecule has 1 heterocycles. The van der Waals surface area contributed by atoms with E-state index in [1.165, 1.54) is 64.7 Å². The molecule has 2 nitrogen and oxygen atoms in total. The summed E-state index contributed by atoms with van der Waals surface area (Å²) in [5, 5.41) is 0. The molecule has 0 aromatic carbocycles. The van der Waals surface area contributed by atoms with Crippen molar-refractivity contribution in [2.45, 2.75) is 51.5 Å². The Kier molecular flexibility index (Phi) is 4.66. The van der Waals surface area contributed by atoms with Gasteiger partial charge in [0.25, 0.3) is 0 Å². The van der Waals surface area contributed by atoms with Gasteiger partial charge >= 0.3 is 0 Å². The van der Waals surface area contributed by atoms with Gasteiger partial charge < -0.3 is 9.80 Å². The highest BCUT2D eigenvalue weighted by atomic mass is 15.2. The molecule has 2 fully saturated rings. The van der Waals surface area contributed by atoms with Gasteiger partial charge in [-0.15, -0.1) is 0 Å². The molecule has 0 amide bonds. The van der Waals surface area contributed by atoms with Crippen molar-refractivity contribution in [1.29, 1.82) is 0 Å². The molecule has 2 unspecified atom stereocenters. The lowest BCUT2D eigenvalue weighted by Crippen LogP contribution is -3.19. The summed E-state index contributed by atoms with van der Waals surface area (Å²) >= 11 is 0. The molecule has 2 rings (SSSR count). The quantitative estimate of drug-likeness (QED) is 0.643. The second-order valence-corrected chi connectivity index (χ2v) is 6.09. The molecular weight excluding hydrogens is 196 g/mol. The van der Waals surface area contributed by atoms with Gasteiger partial charge in [-0.25, -0.2) is 0 Å². The summed E-state index contributed by atoms with van der Waals surface area (Å²) < 4.78 is 0. The highest BCUT2D eigenvalue weighted by Gasteiger charge is 2.29. The Labute approximate surface area is 101 Å². The van der Waals surface area contributed by atoms with Crippen LogP contribution in [0.2, 0.25) is 0 Å². The van der Waals surface area contributed by atoms with Crippen LogP contribution < -0.4 is 9.80 Å². The van der Waals surface area contributed by atoms with E-state index in [0.29, 0.717) is 0 Å². The van der Waals surface area contributed by atoms with Gasteiger partial charge in [0.15, 0.2) is 0 Å². The summed E-state index contributed by atoms with van der Waals surface area (Å²) in [5.74, 6) is 1.05. The van der Waals surface area contributed by atoms with Crippen LogP contribution in [0.25, 0.3) is 0 Å². The number of nitrogens with one attached hydrogen (secondary N) is 2. The second-order valence-electron chi connectivity index (χ2n) is 6.09. The first-order valence-electron chi connectivity index (χ1n) is 7.45. The Bertz CT molecular complexity index is 197. The molecule has 0 radical (unpaired) electrons. The van der Waals surface area contributed by atoms with E-state index in [0.717, 1.165) is 12.0 Å². The third-order valence-corrected chi connectivity index (χ3v) is 4.98. The van der Waals surface area contributed by atoms with Crippen LogP contribution in [0.1, 0.15) is 45.4 Å². The van der Waals surface area contributed by atoms with Crippen molar-refractivity contribution in [2.75, 3.05) is 33.2 Å². The van der Waals surface area contributed by atoms with E-state index in [4.69, 9.17) is 0 Å². The van der Waals surface area contributed by atoms with Gasteiger partial charge in [-0.3, -0.25) is 0 Å². The Hall–Kier alpha value is -0.0800. The van der Waals surface area contributed by atoms with Crippen LogP contribution >= 0.6 is 0 Å². The van der Waals surface area contributed by atoms with Crippen LogP contribution in [0, 0.1) is 5.92 Å². The van der Waals surface area contributed by atoms with Gasteiger partial charge in [0.2, 0.25) is 0 Å². The smallest absolute Gasteiger partial charge is 0.127 e. The fraction of sp³-hybridized carbons (Fsp3) is 1.00. The molecule has 0 bridgehead atoms. The fourth-order valence-corrected chi connectivity index (χ4v) is 3.63. The van der Waals surface area contributed by atoms with Crippen LogP contribution in [0.3, 0.4) is 0 Å². The van der Waals surface area contributed by atoms with Crippen molar-refractivity contribution in [3.63, 3.8) is 0 Å². The molecule has 0 spiro atoms. The van der Waals surface area contributed by atoms with Crippen LogP contribution in [-0.2, 0) is 0 Å². The maximum absolute atomic E-state index is 2.36. The van der Waals surface area contributed by atoms with Gasteiger partial charge in [-0.2, -0.15) is 0 Å². The van der Waals surface area contributed by atoms with Crippen LogP contribution in [0.5, 0.6) is 0 Å². The summed E-state index contributed by atoms with van der Waals surface area (Å²) in [6.45, 7) is 8.02. The summed E-state index contributed by atoms with van der Waals surface area (Å²) in [7, 11) is 2.36. The third-order valence-electron chi connectivity index (χ3n) is 4.98. The lowest BCUT2D eigenvalue weighted by atomic mass is 9.84. The minimum absolute atomic E-state index is 1.01. The lowest BCUT2D eigenvalue weighted by Gasteiger charge is -2.33. The highest BCUT2D eigenvalue weighted by molar-refractivity contribution is 4.71. The minimum Gasteiger partial charge on any atom is -0.333 e. The first-order valence-corrected chi connectivity index (χ1v) is 7.45. The Morgan fingerprint density at radius 1 is 0.938 bits per heavy atom. The molecule has 1 saturated carbocycles. The van der Waals surface area contributed by atoms with Gasteiger partial charge in [0, 0.05) is 6.42 Å². The molecule has 1 aliphatic heterocycles. The average Bonchev–Trinajstić information content (AvgIpc) is 2.54. The number of hydrogen-bond donors (Lipinski definition) is 2. The SMILES string of the molecule is CCC1CCC([NH+]2CCC[NH+](C)CC2)CC1. The van der Waals surface area contributed by atoms with Crippen molar-refractivity contribution in [2.24, 2.45) is 5.92 Å². The van der Waals surface area contributed by atoms with Gasteiger partial charge in [0.1, 0.15) is 13.1 Å². The molecule has 2 atom stereocenters. The molecule has 1 saturated heterocycles. The van der Waals surface area contributed by atoms with E-state index in [9.17, 15) is 0 Å². The predicted octanol–water partition coefficient (Wildman–Crippen LogP) is -0.241. The zero-order valence-electron chi connectivity index (χ0n) is 11.2. The minimum atomic E-state index is 1.01. The van der Waals surface area contributed by atoms with Crippen molar-refractivity contribution in [3.8, 4) is 0 Å². The molecular formula is C14H30N2+2. The summed E-state index contributed by atoms with van der Waals surface area (Å²) in [6, 6.07) is 1.01. The van der Waals surface area contributed by atoms with Crippen molar-refractivity contribution in [3.05, 3.63) is 0 Å². The Morgan fingerprint density at radius 2 is 1.69 bits per heavy atom. The first kappa shape index (κ1) is 12.4. The monoisotopic (exact) mass is 226 g/mol. The molecule has 1 aliphatic carbocycles. The zero-order valence-corrected chi connectivity index (χ0v) is 11.2. The fourth-order valence-electron chi connectivity index (χ4n) is 3.63. The molecule has 2 heteroatoms. The second kappa shape index (κ2) is 6.02. The van der Waals surface area contributed by atoms with E-state index in [1.807, 2.05) is 4.90 Å². The van der Waals surface area contributed by atoms with E-state index in [1.54, 1.807) is 4.90 Å². The number of hydrogen-bond acceptors (Lipinski definition) is 0. The molecule has 2 N–H and O–H groups in total. The lowest BCUT2D eigenvalue weighted by molar-refractivity contribution is -0.947. The highest BCUT2D eigenvalue weighted by Crippen LogP contribution is 2.25. The zero-order chi connectivity index (χ0) is 11.4. The number of quaternary nitrogens is 2. The van der Waals surface area contributed by atoms with Crippen molar-refractivity contribution in [1.82, 2.24) is 0 Å². The maximum atomic E-state index is 2.36. The van der Waals surface area contributed by atoms with Crippen LogP contribution in [0.15, 0.2) is 0 Å². The molecule has 16 heavy (non-hydrogen) atoms. The Morgan fingerprint density at radius 3 is 2.38 bits per heavy atom. The third kappa shape index (κ3) is 3.21. The number of likely N-dealkylation sites (N-methyl/N-ethyl adjacent to an activating group) is 1. The van der Waals surface area contributed by atoms with Crippen LogP contribution in [-0.4, -0.2) is 39.3 Å². The van der Waals surface area contributed by atoms with E-state index >= 15 is 0 Å². The number of rotatable bonds is 2. The standard InChI is InChI=1S/C14H28N2/c1-3-13-5-7-14(8-6-13)16-10-4-9-15(2)11-12-16/h13-14H,3-12H2,1-2H3/p+2. The summed E-state index contributed by atoms with van der Waals surface area (Å²) in [4.78, 5) is 3.68. The van der Waals surface area contributed by atoms with E-state index in [2.05, 4.69) is 14.0 Å². The van der Waals surface area contributed by atoms with Gasteiger partial charge in [-0.1, -0.05) is 13.3 Å². The van der Waals surface area contributed by atoms with Crippen molar-refractivity contribution >= 4 is 0 Å². The Balaban J connectivity index is 1.79. The molecule has 2 aliphatic rings. The largest absolute Gasteiger partial charge is 0.333 e.